The Balaban J connectivity index is 2.08. The fraction of sp³-hybridized carbons (Fsp3) is 0.625. The van der Waals surface area contributed by atoms with E-state index in [-0.39, 0.29) is 0 Å². The van der Waals surface area contributed by atoms with Crippen LogP contribution in [0.25, 0.3) is 0 Å². The third-order valence-corrected chi connectivity index (χ3v) is 4.31. The summed E-state index contributed by atoms with van der Waals surface area (Å²) in [6.07, 6.45) is 4.60. The second kappa shape index (κ2) is 3.66. The Morgan fingerprint density at radius 3 is 3.08 bits per heavy atom. The van der Waals surface area contributed by atoms with E-state index < -0.39 is 0 Å². The van der Waals surface area contributed by atoms with Crippen molar-refractivity contribution >= 4 is 28.2 Å². The van der Waals surface area contributed by atoms with Gasteiger partial charge in [0.25, 0.3) is 0 Å². The number of nitrogens with two attached hydrogens (primary N) is 1. The lowest BCUT2D eigenvalue weighted by Gasteiger charge is -2.19. The second-order valence-electron chi connectivity index (χ2n) is 3.01. The van der Waals surface area contributed by atoms with Crippen molar-refractivity contribution in [1.82, 2.24) is 4.98 Å². The van der Waals surface area contributed by atoms with E-state index in [0.717, 1.165) is 5.92 Å². The Labute approximate surface area is 80.6 Å². The minimum Gasteiger partial charge on any atom is -0.375 e. The van der Waals surface area contributed by atoms with E-state index in [9.17, 15) is 0 Å². The Bertz CT molecular complexity index is 253. The van der Waals surface area contributed by atoms with Gasteiger partial charge in [0.05, 0.1) is 0 Å². The molecule has 1 aliphatic heterocycles. The topological polar surface area (TPSA) is 38.9 Å². The minimum absolute atomic E-state index is 0.709. The van der Waals surface area contributed by atoms with Crippen LogP contribution in [0.4, 0.5) is 5.13 Å². The van der Waals surface area contributed by atoms with Crippen molar-refractivity contribution in [3.05, 3.63) is 11.1 Å². The summed E-state index contributed by atoms with van der Waals surface area (Å²) in [4.78, 5) is 5.45. The summed E-state index contributed by atoms with van der Waals surface area (Å²) >= 11 is 3.69. The van der Waals surface area contributed by atoms with Gasteiger partial charge in [-0.05, 0) is 18.6 Å². The van der Waals surface area contributed by atoms with E-state index >= 15 is 0 Å². The maximum absolute atomic E-state index is 5.59. The Morgan fingerprint density at radius 2 is 2.50 bits per heavy atom. The highest BCUT2D eigenvalue weighted by Gasteiger charge is 2.17. The zero-order chi connectivity index (χ0) is 8.39. The molecule has 0 spiro atoms. The van der Waals surface area contributed by atoms with Crippen LogP contribution >= 0.6 is 23.1 Å². The van der Waals surface area contributed by atoms with Gasteiger partial charge in [-0.1, -0.05) is 0 Å². The van der Waals surface area contributed by atoms with E-state index in [1.165, 1.54) is 29.2 Å². The molecule has 4 heteroatoms. The second-order valence-corrected chi connectivity index (χ2v) is 5.26. The largest absolute Gasteiger partial charge is 0.375 e. The summed E-state index contributed by atoms with van der Waals surface area (Å²) < 4.78 is 0. The third-order valence-electron chi connectivity index (χ3n) is 2.10. The molecule has 0 aliphatic carbocycles. The van der Waals surface area contributed by atoms with Gasteiger partial charge in [-0.3, -0.25) is 0 Å². The van der Waals surface area contributed by atoms with Crippen molar-refractivity contribution in [2.45, 2.75) is 18.8 Å². The van der Waals surface area contributed by atoms with E-state index in [2.05, 4.69) is 4.98 Å². The van der Waals surface area contributed by atoms with Crippen molar-refractivity contribution < 1.29 is 0 Å². The molecule has 1 fully saturated rings. The van der Waals surface area contributed by atoms with Crippen LogP contribution in [-0.4, -0.2) is 16.5 Å². The molecule has 12 heavy (non-hydrogen) atoms. The summed E-state index contributed by atoms with van der Waals surface area (Å²) in [5.41, 5.74) is 5.59. The highest BCUT2D eigenvalue weighted by Crippen LogP contribution is 2.34. The highest BCUT2D eigenvalue weighted by molar-refractivity contribution is 7.99. The number of thiazole rings is 1. The fourth-order valence-electron chi connectivity index (χ4n) is 1.45. The van der Waals surface area contributed by atoms with Gasteiger partial charge in [0, 0.05) is 22.7 Å². The normalized spacial score (nSPS) is 24.2. The number of rotatable bonds is 1. The number of anilines is 1. The molecule has 1 saturated heterocycles. The monoisotopic (exact) mass is 200 g/mol. The first-order chi connectivity index (χ1) is 5.86. The Kier molecular flexibility index (Phi) is 2.56. The Morgan fingerprint density at radius 1 is 1.58 bits per heavy atom. The number of aromatic nitrogens is 1. The number of hydrogen-bond donors (Lipinski definition) is 1. The molecule has 0 bridgehead atoms. The van der Waals surface area contributed by atoms with Crippen LogP contribution in [0, 0.1) is 0 Å². The van der Waals surface area contributed by atoms with Crippen molar-refractivity contribution in [2.75, 3.05) is 17.2 Å². The van der Waals surface area contributed by atoms with Crippen LogP contribution < -0.4 is 5.73 Å². The third kappa shape index (κ3) is 1.75. The number of hydrogen-bond acceptors (Lipinski definition) is 4. The summed E-state index contributed by atoms with van der Waals surface area (Å²) in [7, 11) is 0. The zero-order valence-corrected chi connectivity index (χ0v) is 8.46. The van der Waals surface area contributed by atoms with Crippen molar-refractivity contribution in [1.29, 1.82) is 0 Å². The van der Waals surface area contributed by atoms with Crippen LogP contribution in [0.1, 0.15) is 23.6 Å². The summed E-state index contributed by atoms with van der Waals surface area (Å²) in [6, 6.07) is 0. The fourth-order valence-corrected chi connectivity index (χ4v) is 3.55. The molecule has 1 unspecified atom stereocenters. The molecule has 1 aromatic rings. The first-order valence-electron chi connectivity index (χ1n) is 4.15. The summed E-state index contributed by atoms with van der Waals surface area (Å²) in [5.74, 6) is 3.30. The van der Waals surface area contributed by atoms with Gasteiger partial charge >= 0.3 is 0 Å². The number of nitrogen functional groups attached to an aromatic ring is 1. The molecular formula is C8H12N2S2. The minimum atomic E-state index is 0.709. The SMILES string of the molecule is Nc1ncc(C2CCCSC2)s1. The maximum Gasteiger partial charge on any atom is 0.180 e. The lowest BCUT2D eigenvalue weighted by Crippen LogP contribution is -2.06. The van der Waals surface area contributed by atoms with Crippen molar-refractivity contribution in [2.24, 2.45) is 0 Å². The van der Waals surface area contributed by atoms with Crippen LogP contribution in [0.5, 0.6) is 0 Å². The predicted molar refractivity (Wildman–Crippen MR) is 55.8 cm³/mol. The van der Waals surface area contributed by atoms with Gasteiger partial charge < -0.3 is 5.73 Å². The molecule has 2 N–H and O–H groups in total. The average molecular weight is 200 g/mol. The van der Waals surface area contributed by atoms with Gasteiger partial charge in [-0.15, -0.1) is 11.3 Å². The van der Waals surface area contributed by atoms with Crippen LogP contribution in [-0.2, 0) is 0 Å². The van der Waals surface area contributed by atoms with Crippen LogP contribution in [0.2, 0.25) is 0 Å². The zero-order valence-electron chi connectivity index (χ0n) is 6.82. The smallest absolute Gasteiger partial charge is 0.180 e. The van der Waals surface area contributed by atoms with E-state index in [1.54, 1.807) is 11.3 Å². The number of nitrogens with zero attached hydrogens (tertiary/aromatic N) is 1. The van der Waals surface area contributed by atoms with Crippen LogP contribution in [0.15, 0.2) is 6.20 Å². The predicted octanol–water partition coefficient (Wildman–Crippen LogP) is 2.34. The lowest BCUT2D eigenvalue weighted by molar-refractivity contribution is 0.669. The molecule has 2 nitrogen and oxygen atoms in total. The molecule has 0 amide bonds. The van der Waals surface area contributed by atoms with Gasteiger partial charge in [-0.25, -0.2) is 4.98 Å². The van der Waals surface area contributed by atoms with Gasteiger partial charge in [0.2, 0.25) is 0 Å². The van der Waals surface area contributed by atoms with Crippen molar-refractivity contribution in [3.63, 3.8) is 0 Å². The van der Waals surface area contributed by atoms with E-state index in [4.69, 9.17) is 5.73 Å². The molecule has 0 aromatic carbocycles. The molecule has 0 saturated carbocycles. The molecule has 1 atom stereocenters. The molecule has 2 rings (SSSR count). The first kappa shape index (κ1) is 8.38. The highest BCUT2D eigenvalue weighted by atomic mass is 32.2. The standard InChI is InChI=1S/C8H12N2S2/c9-8-10-4-7(12-8)6-2-1-3-11-5-6/h4,6H,1-3,5H2,(H2,9,10). The number of thioether (sulfide) groups is 1. The van der Waals surface area contributed by atoms with E-state index in [1.807, 2.05) is 18.0 Å². The van der Waals surface area contributed by atoms with Crippen LogP contribution in [0.3, 0.4) is 0 Å². The van der Waals surface area contributed by atoms with Gasteiger partial charge in [-0.2, -0.15) is 11.8 Å². The molecular weight excluding hydrogens is 188 g/mol. The summed E-state index contributed by atoms with van der Waals surface area (Å²) in [6.45, 7) is 0. The molecule has 1 aliphatic rings. The van der Waals surface area contributed by atoms with Gasteiger partial charge in [0.1, 0.15) is 0 Å². The lowest BCUT2D eigenvalue weighted by atomic mass is 10.0. The average Bonchev–Trinajstić information content (AvgIpc) is 2.54. The molecule has 1 aromatic heterocycles. The maximum atomic E-state index is 5.59. The Hall–Kier alpha value is -0.220. The summed E-state index contributed by atoms with van der Waals surface area (Å²) in [5, 5.41) is 0.709. The van der Waals surface area contributed by atoms with E-state index in [0.29, 0.717) is 5.13 Å². The first-order valence-corrected chi connectivity index (χ1v) is 6.12. The quantitative estimate of drug-likeness (QED) is 0.756. The molecule has 0 radical (unpaired) electrons. The molecule has 66 valence electrons. The van der Waals surface area contributed by atoms with Gasteiger partial charge in [0.15, 0.2) is 5.13 Å². The molecule has 2 heterocycles. The van der Waals surface area contributed by atoms with Crippen molar-refractivity contribution in [3.8, 4) is 0 Å².